The zero-order chi connectivity index (χ0) is 16.4. The summed E-state index contributed by atoms with van der Waals surface area (Å²) in [5.41, 5.74) is 11.6. The number of rotatable bonds is 3. The number of nitrogens with zero attached hydrogens (tertiary/aromatic N) is 1. The van der Waals surface area contributed by atoms with E-state index in [0.29, 0.717) is 5.69 Å². The molecule has 0 saturated carbocycles. The first-order chi connectivity index (χ1) is 11.8. The van der Waals surface area contributed by atoms with Crippen LogP contribution in [0, 0.1) is 0 Å². The zero-order valence-electron chi connectivity index (χ0n) is 13.0. The average molecular weight is 312 g/mol. The smallest absolute Gasteiger partial charge is 0.175 e. The third-order valence-corrected chi connectivity index (χ3v) is 4.01. The number of benzene rings is 3. The minimum atomic E-state index is 0.704. The van der Waals surface area contributed by atoms with E-state index in [0.717, 1.165) is 33.7 Å². The Kier molecular flexibility index (Phi) is 3.60. The van der Waals surface area contributed by atoms with Crippen molar-refractivity contribution in [3.8, 4) is 33.7 Å². The second kappa shape index (κ2) is 6.05. The van der Waals surface area contributed by atoms with E-state index in [2.05, 4.69) is 5.16 Å². The number of anilines is 1. The van der Waals surface area contributed by atoms with E-state index < -0.39 is 0 Å². The van der Waals surface area contributed by atoms with Gasteiger partial charge < -0.3 is 10.3 Å². The molecule has 3 aromatic carbocycles. The second-order valence-corrected chi connectivity index (χ2v) is 5.55. The molecule has 0 unspecified atom stereocenters. The molecule has 3 heteroatoms. The SMILES string of the molecule is Nc1ccccc1-c1c(-c2ccccc2)noc1-c1ccccc1. The maximum absolute atomic E-state index is 6.24. The Bertz CT molecular complexity index is 903. The van der Waals surface area contributed by atoms with Crippen LogP contribution in [0.25, 0.3) is 33.7 Å². The topological polar surface area (TPSA) is 52.0 Å². The van der Waals surface area contributed by atoms with Gasteiger partial charge >= 0.3 is 0 Å². The highest BCUT2D eigenvalue weighted by molar-refractivity contribution is 5.94. The van der Waals surface area contributed by atoms with Crippen molar-refractivity contribution < 1.29 is 4.52 Å². The molecule has 0 fully saturated rings. The zero-order valence-corrected chi connectivity index (χ0v) is 13.0. The van der Waals surface area contributed by atoms with Crippen LogP contribution in [0.1, 0.15) is 0 Å². The van der Waals surface area contributed by atoms with E-state index in [-0.39, 0.29) is 0 Å². The van der Waals surface area contributed by atoms with Crippen molar-refractivity contribution in [1.82, 2.24) is 5.16 Å². The summed E-state index contributed by atoms with van der Waals surface area (Å²) < 4.78 is 5.74. The van der Waals surface area contributed by atoms with Gasteiger partial charge in [-0.2, -0.15) is 0 Å². The van der Waals surface area contributed by atoms with Crippen LogP contribution in [0.3, 0.4) is 0 Å². The lowest BCUT2D eigenvalue weighted by molar-refractivity contribution is 0.435. The first kappa shape index (κ1) is 14.3. The molecule has 0 atom stereocenters. The van der Waals surface area contributed by atoms with Crippen molar-refractivity contribution in [2.24, 2.45) is 0 Å². The molecule has 0 aliphatic rings. The van der Waals surface area contributed by atoms with Gasteiger partial charge in [0, 0.05) is 22.4 Å². The van der Waals surface area contributed by atoms with Crippen LogP contribution in [0.15, 0.2) is 89.5 Å². The molecule has 0 radical (unpaired) electrons. The van der Waals surface area contributed by atoms with E-state index in [1.807, 2.05) is 84.9 Å². The summed E-state index contributed by atoms with van der Waals surface area (Å²) in [6, 6.07) is 27.8. The summed E-state index contributed by atoms with van der Waals surface area (Å²) >= 11 is 0. The highest BCUT2D eigenvalue weighted by Gasteiger charge is 2.21. The van der Waals surface area contributed by atoms with Gasteiger partial charge in [-0.3, -0.25) is 0 Å². The maximum Gasteiger partial charge on any atom is 0.175 e. The lowest BCUT2D eigenvalue weighted by Crippen LogP contribution is -1.91. The molecule has 2 N–H and O–H groups in total. The highest BCUT2D eigenvalue weighted by atomic mass is 16.5. The number of hydrogen-bond acceptors (Lipinski definition) is 3. The quantitative estimate of drug-likeness (QED) is 0.525. The van der Waals surface area contributed by atoms with Gasteiger partial charge in [-0.15, -0.1) is 0 Å². The Labute approximate surface area is 140 Å². The molecule has 1 aromatic heterocycles. The van der Waals surface area contributed by atoms with Crippen LogP contribution in [0.2, 0.25) is 0 Å². The van der Waals surface area contributed by atoms with Crippen molar-refractivity contribution in [3.05, 3.63) is 84.9 Å². The van der Waals surface area contributed by atoms with E-state index in [1.165, 1.54) is 0 Å². The van der Waals surface area contributed by atoms with Gasteiger partial charge in [-0.25, -0.2) is 0 Å². The lowest BCUT2D eigenvalue weighted by atomic mass is 9.95. The molecule has 0 spiro atoms. The van der Waals surface area contributed by atoms with Gasteiger partial charge in [-0.05, 0) is 6.07 Å². The highest BCUT2D eigenvalue weighted by Crippen LogP contribution is 2.41. The van der Waals surface area contributed by atoms with Crippen LogP contribution in [-0.4, -0.2) is 5.16 Å². The molecule has 0 amide bonds. The molecule has 24 heavy (non-hydrogen) atoms. The third kappa shape index (κ3) is 2.46. The largest absolute Gasteiger partial charge is 0.398 e. The molecule has 1 heterocycles. The van der Waals surface area contributed by atoms with E-state index in [1.54, 1.807) is 0 Å². The molecule has 0 aliphatic heterocycles. The Morgan fingerprint density at radius 2 is 1.25 bits per heavy atom. The normalized spacial score (nSPS) is 10.7. The van der Waals surface area contributed by atoms with Crippen molar-refractivity contribution in [2.45, 2.75) is 0 Å². The van der Waals surface area contributed by atoms with Crippen molar-refractivity contribution in [3.63, 3.8) is 0 Å². The second-order valence-electron chi connectivity index (χ2n) is 5.55. The summed E-state index contributed by atoms with van der Waals surface area (Å²) in [7, 11) is 0. The van der Waals surface area contributed by atoms with Gasteiger partial charge in [0.25, 0.3) is 0 Å². The predicted molar refractivity (Wildman–Crippen MR) is 97.2 cm³/mol. The Morgan fingerprint density at radius 3 is 1.92 bits per heavy atom. The number of para-hydroxylation sites is 1. The fraction of sp³-hybridized carbons (Fsp3) is 0. The molecule has 4 rings (SSSR count). The molecule has 116 valence electrons. The first-order valence-electron chi connectivity index (χ1n) is 7.80. The maximum atomic E-state index is 6.24. The number of nitrogen functional groups attached to an aromatic ring is 1. The van der Waals surface area contributed by atoms with Crippen LogP contribution in [0.5, 0.6) is 0 Å². The molecule has 0 bridgehead atoms. The minimum Gasteiger partial charge on any atom is -0.398 e. The van der Waals surface area contributed by atoms with Crippen LogP contribution >= 0.6 is 0 Å². The third-order valence-electron chi connectivity index (χ3n) is 4.01. The summed E-state index contributed by atoms with van der Waals surface area (Å²) in [5, 5.41) is 4.35. The average Bonchev–Trinajstić information content (AvgIpc) is 3.08. The monoisotopic (exact) mass is 312 g/mol. The van der Waals surface area contributed by atoms with Crippen molar-refractivity contribution in [2.75, 3.05) is 5.73 Å². The molecule has 0 saturated heterocycles. The van der Waals surface area contributed by atoms with Crippen molar-refractivity contribution >= 4 is 5.69 Å². The van der Waals surface area contributed by atoms with Crippen LogP contribution < -0.4 is 5.73 Å². The van der Waals surface area contributed by atoms with E-state index in [4.69, 9.17) is 10.3 Å². The van der Waals surface area contributed by atoms with Crippen LogP contribution in [0.4, 0.5) is 5.69 Å². The standard InChI is InChI=1S/C21H16N2O/c22-18-14-8-7-13-17(18)19-20(15-9-3-1-4-10-15)23-24-21(19)16-11-5-2-6-12-16/h1-14H,22H2. The molecule has 0 aliphatic carbocycles. The van der Waals surface area contributed by atoms with Crippen molar-refractivity contribution in [1.29, 1.82) is 0 Å². The fourth-order valence-corrected chi connectivity index (χ4v) is 2.84. The first-order valence-corrected chi connectivity index (χ1v) is 7.80. The fourth-order valence-electron chi connectivity index (χ4n) is 2.84. The molecule has 4 aromatic rings. The molecular formula is C21H16N2O. The predicted octanol–water partition coefficient (Wildman–Crippen LogP) is 5.26. The Balaban J connectivity index is 2.00. The summed E-state index contributed by atoms with van der Waals surface area (Å²) in [6.45, 7) is 0. The molecule has 3 nitrogen and oxygen atoms in total. The van der Waals surface area contributed by atoms with Gasteiger partial charge in [0.15, 0.2) is 5.76 Å². The van der Waals surface area contributed by atoms with E-state index >= 15 is 0 Å². The summed E-state index contributed by atoms with van der Waals surface area (Å²) in [4.78, 5) is 0. The Morgan fingerprint density at radius 1 is 0.667 bits per heavy atom. The lowest BCUT2D eigenvalue weighted by Gasteiger charge is -2.08. The summed E-state index contributed by atoms with van der Waals surface area (Å²) in [5.74, 6) is 0.729. The van der Waals surface area contributed by atoms with Gasteiger partial charge in [0.1, 0.15) is 5.69 Å². The summed E-state index contributed by atoms with van der Waals surface area (Å²) in [6.07, 6.45) is 0. The van der Waals surface area contributed by atoms with Gasteiger partial charge in [0.05, 0.1) is 5.56 Å². The van der Waals surface area contributed by atoms with Crippen LogP contribution in [-0.2, 0) is 0 Å². The number of hydrogen-bond donors (Lipinski definition) is 1. The minimum absolute atomic E-state index is 0.704. The molecular weight excluding hydrogens is 296 g/mol. The van der Waals surface area contributed by atoms with Gasteiger partial charge in [-0.1, -0.05) is 84.0 Å². The number of nitrogens with two attached hydrogens (primary N) is 1. The number of aromatic nitrogens is 1. The van der Waals surface area contributed by atoms with Gasteiger partial charge in [0.2, 0.25) is 0 Å². The Hall–Kier alpha value is -3.33. The van der Waals surface area contributed by atoms with E-state index in [9.17, 15) is 0 Å².